The van der Waals surface area contributed by atoms with Crippen LogP contribution in [0.25, 0.3) is 0 Å². The van der Waals surface area contributed by atoms with Crippen LogP contribution in [0.2, 0.25) is 5.02 Å². The number of anilines is 1. The molecule has 0 saturated carbocycles. The molecule has 2 nitrogen and oxygen atoms in total. The van der Waals surface area contributed by atoms with Gasteiger partial charge in [0.05, 0.1) is 9.50 Å². The van der Waals surface area contributed by atoms with E-state index in [-0.39, 0.29) is 11.1 Å². The van der Waals surface area contributed by atoms with Crippen molar-refractivity contribution >= 4 is 33.2 Å². The van der Waals surface area contributed by atoms with Gasteiger partial charge in [-0.3, -0.25) is 0 Å². The van der Waals surface area contributed by atoms with E-state index in [0.29, 0.717) is 15.9 Å². The molecule has 100 valence electrons. The molecule has 2 N–H and O–H groups in total. The lowest BCUT2D eigenvalue weighted by molar-refractivity contribution is 0.224. The monoisotopic (exact) mass is 343 g/mol. The summed E-state index contributed by atoms with van der Waals surface area (Å²) in [7, 11) is 0. The van der Waals surface area contributed by atoms with Gasteiger partial charge >= 0.3 is 0 Å². The number of nitrogen functional groups attached to an aromatic ring is 1. The molecule has 5 heteroatoms. The van der Waals surface area contributed by atoms with Crippen molar-refractivity contribution in [3.8, 4) is 5.75 Å². The van der Waals surface area contributed by atoms with Crippen LogP contribution in [0.4, 0.5) is 10.1 Å². The van der Waals surface area contributed by atoms with E-state index in [9.17, 15) is 4.39 Å². The first-order chi connectivity index (χ1) is 8.97. The molecule has 1 unspecified atom stereocenters. The highest BCUT2D eigenvalue weighted by Gasteiger charge is 2.12. The molecule has 19 heavy (non-hydrogen) atoms. The average Bonchev–Trinajstić information content (AvgIpc) is 2.36. The van der Waals surface area contributed by atoms with Crippen LogP contribution >= 0.6 is 27.5 Å². The van der Waals surface area contributed by atoms with Crippen molar-refractivity contribution in [1.82, 2.24) is 0 Å². The fourth-order valence-corrected chi connectivity index (χ4v) is 2.40. The maximum absolute atomic E-state index is 13.4. The molecule has 1 atom stereocenters. The zero-order chi connectivity index (χ0) is 14.0. The predicted octanol–water partition coefficient (Wildman–Crippen LogP) is 4.96. The van der Waals surface area contributed by atoms with Crippen molar-refractivity contribution in [1.29, 1.82) is 0 Å². The average molecular weight is 345 g/mol. The topological polar surface area (TPSA) is 35.2 Å². The van der Waals surface area contributed by atoms with E-state index in [4.69, 9.17) is 22.1 Å². The molecular weight excluding hydrogens is 333 g/mol. The number of rotatable bonds is 3. The second-order valence-corrected chi connectivity index (χ2v) is 5.39. The number of hydrogen-bond acceptors (Lipinski definition) is 2. The van der Waals surface area contributed by atoms with Gasteiger partial charge in [-0.25, -0.2) is 4.39 Å². The van der Waals surface area contributed by atoms with Gasteiger partial charge in [-0.15, -0.1) is 0 Å². The van der Waals surface area contributed by atoms with Crippen LogP contribution in [-0.2, 0) is 0 Å². The van der Waals surface area contributed by atoms with Crippen molar-refractivity contribution in [2.75, 3.05) is 5.73 Å². The van der Waals surface area contributed by atoms with E-state index in [1.54, 1.807) is 6.07 Å². The summed E-state index contributed by atoms with van der Waals surface area (Å²) in [6, 6.07) is 10.1. The molecule has 2 aromatic carbocycles. The van der Waals surface area contributed by atoms with Gasteiger partial charge in [0.2, 0.25) is 0 Å². The number of ether oxygens (including phenoxy) is 1. The van der Waals surface area contributed by atoms with E-state index in [2.05, 4.69) is 15.9 Å². The number of hydrogen-bond donors (Lipinski definition) is 1. The molecule has 0 spiro atoms. The molecule has 0 aliphatic carbocycles. The lowest BCUT2D eigenvalue weighted by Gasteiger charge is -2.17. The zero-order valence-corrected chi connectivity index (χ0v) is 12.5. The summed E-state index contributed by atoms with van der Waals surface area (Å²) in [5, 5.41) is 0.0517. The molecule has 2 rings (SSSR count). The van der Waals surface area contributed by atoms with Crippen LogP contribution < -0.4 is 10.5 Å². The van der Waals surface area contributed by atoms with Crippen LogP contribution in [-0.4, -0.2) is 0 Å². The number of halogens is 3. The van der Waals surface area contributed by atoms with Crippen LogP contribution in [0, 0.1) is 5.82 Å². The van der Waals surface area contributed by atoms with Gasteiger partial charge in [0, 0.05) is 11.8 Å². The van der Waals surface area contributed by atoms with Crippen LogP contribution in [0.1, 0.15) is 18.6 Å². The van der Waals surface area contributed by atoms with E-state index < -0.39 is 5.82 Å². The smallest absolute Gasteiger partial charge is 0.145 e. The summed E-state index contributed by atoms with van der Waals surface area (Å²) < 4.78 is 19.8. The van der Waals surface area contributed by atoms with Crippen molar-refractivity contribution in [2.45, 2.75) is 13.0 Å². The lowest BCUT2D eigenvalue weighted by Crippen LogP contribution is -2.04. The van der Waals surface area contributed by atoms with E-state index in [1.165, 1.54) is 12.1 Å². The third kappa shape index (κ3) is 3.39. The molecule has 0 fully saturated rings. The highest BCUT2D eigenvalue weighted by atomic mass is 79.9. The van der Waals surface area contributed by atoms with Crippen molar-refractivity contribution in [3.05, 3.63) is 57.3 Å². The Labute approximate surface area is 124 Å². The lowest BCUT2D eigenvalue weighted by atomic mass is 10.1. The molecule has 0 bridgehead atoms. The Morgan fingerprint density at radius 1 is 1.32 bits per heavy atom. The molecule has 0 radical (unpaired) electrons. The Morgan fingerprint density at radius 3 is 2.74 bits per heavy atom. The van der Waals surface area contributed by atoms with Crippen molar-refractivity contribution in [2.24, 2.45) is 0 Å². The Kier molecular flexibility index (Phi) is 4.32. The van der Waals surface area contributed by atoms with Gasteiger partial charge in [-0.05, 0) is 46.6 Å². The Bertz CT molecular complexity index is 606. The highest BCUT2D eigenvalue weighted by molar-refractivity contribution is 9.10. The fraction of sp³-hybridized carbons (Fsp3) is 0.143. The van der Waals surface area contributed by atoms with Gasteiger partial charge in [0.25, 0.3) is 0 Å². The minimum atomic E-state index is -0.514. The molecule has 0 aliphatic rings. The zero-order valence-electron chi connectivity index (χ0n) is 10.2. The minimum absolute atomic E-state index is 0.0517. The molecule has 0 saturated heterocycles. The molecule has 0 amide bonds. The van der Waals surface area contributed by atoms with Gasteiger partial charge in [0.15, 0.2) is 0 Å². The van der Waals surface area contributed by atoms with Crippen LogP contribution in [0.15, 0.2) is 40.9 Å². The maximum Gasteiger partial charge on any atom is 0.145 e. The first kappa shape index (κ1) is 14.2. The SMILES string of the molecule is CC(Oc1cc(F)c(Cl)cc1Br)c1cccc(N)c1. The van der Waals surface area contributed by atoms with E-state index in [1.807, 2.05) is 25.1 Å². The number of benzene rings is 2. The standard InChI is InChI=1S/C14H12BrClFNO/c1-8(9-3-2-4-10(18)5-9)19-14-7-13(17)12(16)6-11(14)15/h2-8H,18H2,1H3. The molecule has 0 aliphatic heterocycles. The summed E-state index contributed by atoms with van der Waals surface area (Å²) in [5.41, 5.74) is 7.30. The molecular formula is C14H12BrClFNO. The van der Waals surface area contributed by atoms with E-state index in [0.717, 1.165) is 5.56 Å². The van der Waals surface area contributed by atoms with Gasteiger partial charge in [0.1, 0.15) is 17.7 Å². The molecule has 0 heterocycles. The van der Waals surface area contributed by atoms with Gasteiger partial charge in [-0.1, -0.05) is 23.7 Å². The Balaban J connectivity index is 2.24. The first-order valence-corrected chi connectivity index (χ1v) is 6.81. The van der Waals surface area contributed by atoms with Crippen LogP contribution in [0.3, 0.4) is 0 Å². The van der Waals surface area contributed by atoms with Gasteiger partial charge < -0.3 is 10.5 Å². The third-order valence-corrected chi connectivity index (χ3v) is 3.57. The third-order valence-electron chi connectivity index (χ3n) is 2.66. The summed E-state index contributed by atoms with van der Waals surface area (Å²) >= 11 is 8.98. The predicted molar refractivity (Wildman–Crippen MR) is 79.0 cm³/mol. The number of nitrogens with two attached hydrogens (primary N) is 1. The Morgan fingerprint density at radius 2 is 2.05 bits per heavy atom. The Hall–Kier alpha value is -1.26. The van der Waals surface area contributed by atoms with Crippen molar-refractivity contribution < 1.29 is 9.13 Å². The largest absolute Gasteiger partial charge is 0.485 e. The fourth-order valence-electron chi connectivity index (χ4n) is 1.66. The quantitative estimate of drug-likeness (QED) is 0.630. The second-order valence-electron chi connectivity index (χ2n) is 4.13. The highest BCUT2D eigenvalue weighted by Crippen LogP contribution is 2.33. The van der Waals surface area contributed by atoms with E-state index >= 15 is 0 Å². The second kappa shape index (κ2) is 5.80. The first-order valence-electron chi connectivity index (χ1n) is 5.64. The summed E-state index contributed by atoms with van der Waals surface area (Å²) in [6.45, 7) is 1.87. The van der Waals surface area contributed by atoms with Crippen molar-refractivity contribution in [3.63, 3.8) is 0 Å². The summed E-state index contributed by atoms with van der Waals surface area (Å²) in [4.78, 5) is 0. The van der Waals surface area contributed by atoms with Crippen LogP contribution in [0.5, 0.6) is 5.75 Å². The summed E-state index contributed by atoms with van der Waals surface area (Å²) in [6.07, 6.45) is -0.250. The maximum atomic E-state index is 13.4. The minimum Gasteiger partial charge on any atom is -0.485 e. The summed E-state index contributed by atoms with van der Waals surface area (Å²) in [5.74, 6) is -0.114. The van der Waals surface area contributed by atoms with Gasteiger partial charge in [-0.2, -0.15) is 0 Å². The normalized spacial score (nSPS) is 12.2. The molecule has 0 aromatic heterocycles. The molecule has 2 aromatic rings.